The number of likely N-dealkylation sites (tertiary alicyclic amines) is 1. The Labute approximate surface area is 67.5 Å². The van der Waals surface area contributed by atoms with Gasteiger partial charge < -0.3 is 14.6 Å². The van der Waals surface area contributed by atoms with Gasteiger partial charge in [-0.2, -0.15) is 0 Å². The number of rotatable bonds is 0. The molecule has 2 aliphatic rings. The van der Waals surface area contributed by atoms with Crippen molar-refractivity contribution in [2.75, 3.05) is 26.7 Å². The summed E-state index contributed by atoms with van der Waals surface area (Å²) in [6, 6.07) is 0. The topological polar surface area (TPSA) is 32.7 Å². The van der Waals surface area contributed by atoms with Crippen molar-refractivity contribution in [2.24, 2.45) is 5.41 Å². The molecular formula is C7H14BNO2. The molecule has 2 rings (SSSR count). The van der Waals surface area contributed by atoms with E-state index in [1.54, 1.807) is 0 Å². The first kappa shape index (κ1) is 7.59. The van der Waals surface area contributed by atoms with Gasteiger partial charge in [-0.05, 0) is 26.3 Å². The fourth-order valence-electron chi connectivity index (χ4n) is 2.20. The Bertz CT molecular complexity index is 147. The number of hydrogen-bond acceptors (Lipinski definition) is 3. The summed E-state index contributed by atoms with van der Waals surface area (Å²) < 4.78 is 5.17. The molecule has 4 heteroatoms. The summed E-state index contributed by atoms with van der Waals surface area (Å²) in [7, 11) is 1.63. The van der Waals surface area contributed by atoms with Crippen molar-refractivity contribution in [1.82, 2.24) is 4.90 Å². The Balaban J connectivity index is 2.02. The minimum Gasteiger partial charge on any atom is -0.427 e. The molecule has 0 aromatic heterocycles. The maximum absolute atomic E-state index is 9.20. The average Bonchev–Trinajstić information content (AvgIpc) is 2.44. The van der Waals surface area contributed by atoms with E-state index >= 15 is 0 Å². The van der Waals surface area contributed by atoms with Crippen LogP contribution in [-0.4, -0.2) is 43.8 Å². The van der Waals surface area contributed by atoms with Gasteiger partial charge in [0.15, 0.2) is 0 Å². The molecule has 1 unspecified atom stereocenters. The summed E-state index contributed by atoms with van der Waals surface area (Å²) >= 11 is 0. The van der Waals surface area contributed by atoms with Crippen LogP contribution in [0.5, 0.6) is 0 Å². The van der Waals surface area contributed by atoms with Crippen LogP contribution in [0.2, 0.25) is 6.32 Å². The molecule has 0 aromatic rings. The molecule has 3 nitrogen and oxygen atoms in total. The van der Waals surface area contributed by atoms with Crippen LogP contribution >= 0.6 is 0 Å². The quantitative estimate of drug-likeness (QED) is 0.492. The normalized spacial score (nSPS) is 39.3. The van der Waals surface area contributed by atoms with Crippen LogP contribution in [0.3, 0.4) is 0 Å². The summed E-state index contributed by atoms with van der Waals surface area (Å²) in [6.07, 6.45) is 2.01. The molecule has 62 valence electrons. The van der Waals surface area contributed by atoms with Crippen molar-refractivity contribution in [3.63, 3.8) is 0 Å². The Morgan fingerprint density at radius 1 is 1.64 bits per heavy atom. The second-order valence-corrected chi connectivity index (χ2v) is 3.96. The van der Waals surface area contributed by atoms with E-state index in [0.29, 0.717) is 0 Å². The highest BCUT2D eigenvalue weighted by Crippen LogP contribution is 2.39. The van der Waals surface area contributed by atoms with Gasteiger partial charge in [-0.3, -0.25) is 0 Å². The highest BCUT2D eigenvalue weighted by Gasteiger charge is 2.45. The predicted octanol–water partition coefficient (Wildman–Crippen LogP) is -0.181. The second kappa shape index (κ2) is 2.47. The van der Waals surface area contributed by atoms with Gasteiger partial charge in [-0.15, -0.1) is 0 Å². The largest absolute Gasteiger partial charge is 0.454 e. The van der Waals surface area contributed by atoms with Crippen molar-refractivity contribution < 1.29 is 9.68 Å². The van der Waals surface area contributed by atoms with Gasteiger partial charge in [0, 0.05) is 18.6 Å². The maximum Gasteiger partial charge on any atom is 0.454 e. The van der Waals surface area contributed by atoms with Gasteiger partial charge >= 0.3 is 7.12 Å². The van der Waals surface area contributed by atoms with Crippen LogP contribution < -0.4 is 0 Å². The zero-order valence-corrected chi connectivity index (χ0v) is 6.92. The molecular weight excluding hydrogens is 141 g/mol. The van der Waals surface area contributed by atoms with Crippen LogP contribution in [-0.2, 0) is 4.65 Å². The van der Waals surface area contributed by atoms with E-state index in [1.807, 2.05) is 0 Å². The molecule has 2 saturated heterocycles. The first-order chi connectivity index (χ1) is 5.20. The third-order valence-corrected chi connectivity index (χ3v) is 2.82. The predicted molar refractivity (Wildman–Crippen MR) is 43.3 cm³/mol. The Kier molecular flexibility index (Phi) is 1.70. The fraction of sp³-hybridized carbons (Fsp3) is 1.00. The molecule has 0 saturated carbocycles. The molecule has 2 heterocycles. The van der Waals surface area contributed by atoms with Gasteiger partial charge in [0.25, 0.3) is 0 Å². The maximum atomic E-state index is 9.20. The SMILES string of the molecule is CN1CCC2(COB(O)C2)C1. The first-order valence-electron chi connectivity index (χ1n) is 4.18. The van der Waals surface area contributed by atoms with Crippen LogP contribution in [0.25, 0.3) is 0 Å². The summed E-state index contributed by atoms with van der Waals surface area (Å²) in [5, 5.41) is 9.20. The molecule has 0 radical (unpaired) electrons. The van der Waals surface area contributed by atoms with Crippen molar-refractivity contribution in [3.8, 4) is 0 Å². The van der Waals surface area contributed by atoms with Crippen molar-refractivity contribution in [1.29, 1.82) is 0 Å². The van der Waals surface area contributed by atoms with Crippen molar-refractivity contribution in [2.45, 2.75) is 12.7 Å². The molecule has 0 amide bonds. The summed E-state index contributed by atoms with van der Waals surface area (Å²) in [6.45, 7) is 2.98. The van der Waals surface area contributed by atoms with Gasteiger partial charge in [0.05, 0.1) is 0 Å². The second-order valence-electron chi connectivity index (χ2n) is 3.96. The van der Waals surface area contributed by atoms with Gasteiger partial charge in [-0.1, -0.05) is 0 Å². The smallest absolute Gasteiger partial charge is 0.427 e. The molecule has 1 N–H and O–H groups in total. The van der Waals surface area contributed by atoms with E-state index < -0.39 is 7.12 Å². The lowest BCUT2D eigenvalue weighted by atomic mass is 9.72. The zero-order chi connectivity index (χ0) is 7.90. The zero-order valence-electron chi connectivity index (χ0n) is 6.92. The highest BCUT2D eigenvalue weighted by atomic mass is 16.5. The minimum absolute atomic E-state index is 0.286. The van der Waals surface area contributed by atoms with Crippen molar-refractivity contribution in [3.05, 3.63) is 0 Å². The first-order valence-corrected chi connectivity index (χ1v) is 4.18. The Morgan fingerprint density at radius 3 is 2.91 bits per heavy atom. The van der Waals surface area contributed by atoms with Crippen LogP contribution in [0.4, 0.5) is 0 Å². The van der Waals surface area contributed by atoms with Gasteiger partial charge in [0.2, 0.25) is 0 Å². The highest BCUT2D eigenvalue weighted by molar-refractivity contribution is 6.43. The molecule has 1 spiro atoms. The fourth-order valence-corrected chi connectivity index (χ4v) is 2.20. The standard InChI is InChI=1S/C7H14BNO2/c1-9-3-2-7(5-9)4-8(10)11-6-7/h10H,2-6H2,1H3. The van der Waals surface area contributed by atoms with E-state index in [2.05, 4.69) is 11.9 Å². The number of hydrogen-bond donors (Lipinski definition) is 1. The molecule has 2 aliphatic heterocycles. The third-order valence-electron chi connectivity index (χ3n) is 2.82. The van der Waals surface area contributed by atoms with E-state index in [9.17, 15) is 5.02 Å². The number of nitrogens with zero attached hydrogens (tertiary/aromatic N) is 1. The molecule has 0 aromatic carbocycles. The molecule has 11 heavy (non-hydrogen) atoms. The summed E-state index contributed by atoms with van der Waals surface area (Å²) in [5.74, 6) is 0. The molecule has 0 bridgehead atoms. The van der Waals surface area contributed by atoms with Crippen LogP contribution in [0, 0.1) is 5.41 Å². The Hall–Kier alpha value is -0.0551. The van der Waals surface area contributed by atoms with E-state index in [0.717, 1.165) is 26.0 Å². The molecule has 2 fully saturated rings. The minimum atomic E-state index is -0.499. The van der Waals surface area contributed by atoms with Gasteiger partial charge in [0.1, 0.15) is 0 Å². The van der Waals surface area contributed by atoms with Crippen LogP contribution in [0.1, 0.15) is 6.42 Å². The van der Waals surface area contributed by atoms with Crippen molar-refractivity contribution >= 4 is 7.12 Å². The van der Waals surface area contributed by atoms with Crippen LogP contribution in [0.15, 0.2) is 0 Å². The lowest BCUT2D eigenvalue weighted by Gasteiger charge is -2.19. The molecule has 1 atom stereocenters. The lowest BCUT2D eigenvalue weighted by Crippen LogP contribution is -2.25. The Morgan fingerprint density at radius 2 is 2.45 bits per heavy atom. The average molecular weight is 155 g/mol. The summed E-state index contributed by atoms with van der Waals surface area (Å²) in [5.41, 5.74) is 0.286. The van der Waals surface area contributed by atoms with E-state index in [4.69, 9.17) is 4.65 Å². The summed E-state index contributed by atoms with van der Waals surface area (Å²) in [4.78, 5) is 2.31. The van der Waals surface area contributed by atoms with Gasteiger partial charge in [-0.25, -0.2) is 0 Å². The monoisotopic (exact) mass is 155 g/mol. The lowest BCUT2D eigenvalue weighted by molar-refractivity contribution is 0.205. The van der Waals surface area contributed by atoms with E-state index in [-0.39, 0.29) is 5.41 Å². The molecule has 0 aliphatic carbocycles. The third kappa shape index (κ3) is 1.30. The van der Waals surface area contributed by atoms with E-state index in [1.165, 1.54) is 6.42 Å².